The van der Waals surface area contributed by atoms with Gasteiger partial charge in [0.25, 0.3) is 0 Å². The van der Waals surface area contributed by atoms with Crippen molar-refractivity contribution >= 4 is 11.9 Å². The minimum atomic E-state index is -0.658. The lowest BCUT2D eigenvalue weighted by molar-refractivity contribution is -0.134. The van der Waals surface area contributed by atoms with E-state index in [-0.39, 0.29) is 5.91 Å². The first kappa shape index (κ1) is 15.4. The highest BCUT2D eigenvalue weighted by Crippen LogP contribution is 2.17. The summed E-state index contributed by atoms with van der Waals surface area (Å²) in [5.41, 5.74) is 6.23. The summed E-state index contributed by atoms with van der Waals surface area (Å²) in [6.45, 7) is 3.66. The van der Waals surface area contributed by atoms with E-state index in [4.69, 9.17) is 5.73 Å². The molecule has 0 unspecified atom stereocenters. The number of urea groups is 1. The SMILES string of the molecule is C[C@H]1CCCN(C(=O)[C@@H](Cc2ccccc2)NC(N)=O)C1. The molecule has 0 radical (unpaired) electrons. The Bertz CT molecular complexity index is 490. The third kappa shape index (κ3) is 4.48. The molecule has 2 atom stereocenters. The number of nitrogens with one attached hydrogen (secondary N) is 1. The van der Waals surface area contributed by atoms with Crippen molar-refractivity contribution in [2.75, 3.05) is 13.1 Å². The molecule has 3 amide bonds. The number of nitrogens with two attached hydrogens (primary N) is 1. The van der Waals surface area contributed by atoms with Crippen molar-refractivity contribution in [3.8, 4) is 0 Å². The number of hydrogen-bond acceptors (Lipinski definition) is 2. The van der Waals surface area contributed by atoms with Gasteiger partial charge >= 0.3 is 6.03 Å². The molecule has 1 saturated heterocycles. The molecule has 5 heteroatoms. The largest absolute Gasteiger partial charge is 0.352 e. The van der Waals surface area contributed by atoms with Gasteiger partial charge in [0.05, 0.1) is 0 Å². The summed E-state index contributed by atoms with van der Waals surface area (Å²) in [6.07, 6.45) is 2.63. The lowest BCUT2D eigenvalue weighted by Gasteiger charge is -2.33. The van der Waals surface area contributed by atoms with Crippen molar-refractivity contribution in [3.63, 3.8) is 0 Å². The predicted octanol–water partition coefficient (Wildman–Crippen LogP) is 1.52. The standard InChI is InChI=1S/C16H23N3O2/c1-12-6-5-9-19(11-12)15(20)14(18-16(17)21)10-13-7-3-2-4-8-13/h2-4,7-8,12,14H,5-6,9-11H2,1H3,(H3,17,18,21)/t12-,14+/m0/s1. The van der Waals surface area contributed by atoms with Gasteiger partial charge in [0, 0.05) is 19.5 Å². The summed E-state index contributed by atoms with van der Waals surface area (Å²) < 4.78 is 0. The highest BCUT2D eigenvalue weighted by Gasteiger charge is 2.28. The first-order chi connectivity index (χ1) is 10.1. The average Bonchev–Trinajstić information content (AvgIpc) is 2.46. The number of amides is 3. The average molecular weight is 289 g/mol. The number of carbonyl (C=O) groups is 2. The van der Waals surface area contributed by atoms with Crippen LogP contribution in [-0.2, 0) is 11.2 Å². The van der Waals surface area contributed by atoms with Gasteiger partial charge in [-0.15, -0.1) is 0 Å². The van der Waals surface area contributed by atoms with Gasteiger partial charge in [-0.05, 0) is 24.3 Å². The van der Waals surface area contributed by atoms with E-state index in [0.29, 0.717) is 12.3 Å². The van der Waals surface area contributed by atoms with Crippen LogP contribution in [0.4, 0.5) is 4.79 Å². The molecule has 1 aliphatic heterocycles. The van der Waals surface area contributed by atoms with Crippen LogP contribution >= 0.6 is 0 Å². The molecular weight excluding hydrogens is 266 g/mol. The van der Waals surface area contributed by atoms with Crippen LogP contribution in [0.2, 0.25) is 0 Å². The lowest BCUT2D eigenvalue weighted by Crippen LogP contribution is -2.53. The number of nitrogens with zero attached hydrogens (tertiary/aromatic N) is 1. The van der Waals surface area contributed by atoms with Gasteiger partial charge in [0.2, 0.25) is 5.91 Å². The third-order valence-electron chi connectivity index (χ3n) is 3.87. The van der Waals surface area contributed by atoms with Gasteiger partial charge in [-0.25, -0.2) is 4.79 Å². The molecule has 0 bridgehead atoms. The zero-order valence-electron chi connectivity index (χ0n) is 12.4. The van der Waals surface area contributed by atoms with Crippen LogP contribution in [0.5, 0.6) is 0 Å². The fourth-order valence-corrected chi connectivity index (χ4v) is 2.83. The molecule has 114 valence electrons. The van der Waals surface area contributed by atoms with Crippen molar-refractivity contribution in [3.05, 3.63) is 35.9 Å². The van der Waals surface area contributed by atoms with E-state index in [2.05, 4.69) is 12.2 Å². The molecule has 1 aromatic carbocycles. The monoisotopic (exact) mass is 289 g/mol. The van der Waals surface area contributed by atoms with E-state index in [1.165, 1.54) is 0 Å². The zero-order chi connectivity index (χ0) is 15.2. The Kier molecular flexibility index (Phi) is 5.20. The first-order valence-corrected chi connectivity index (χ1v) is 7.45. The van der Waals surface area contributed by atoms with Gasteiger partial charge in [-0.1, -0.05) is 37.3 Å². The molecule has 1 aliphatic rings. The zero-order valence-corrected chi connectivity index (χ0v) is 12.4. The fourth-order valence-electron chi connectivity index (χ4n) is 2.83. The summed E-state index contributed by atoms with van der Waals surface area (Å²) in [4.78, 5) is 25.7. The van der Waals surface area contributed by atoms with Crippen molar-refractivity contribution in [1.82, 2.24) is 10.2 Å². The van der Waals surface area contributed by atoms with Crippen LogP contribution in [0, 0.1) is 5.92 Å². The van der Waals surface area contributed by atoms with Crippen LogP contribution < -0.4 is 11.1 Å². The Morgan fingerprint density at radius 1 is 1.38 bits per heavy atom. The molecule has 1 heterocycles. The summed E-state index contributed by atoms with van der Waals surface area (Å²) >= 11 is 0. The van der Waals surface area contributed by atoms with Crippen LogP contribution in [0.25, 0.3) is 0 Å². The maximum Gasteiger partial charge on any atom is 0.312 e. The molecule has 5 nitrogen and oxygen atoms in total. The smallest absolute Gasteiger partial charge is 0.312 e. The molecule has 0 aliphatic carbocycles. The maximum absolute atomic E-state index is 12.6. The number of carbonyl (C=O) groups excluding carboxylic acids is 2. The Morgan fingerprint density at radius 2 is 2.10 bits per heavy atom. The number of hydrogen-bond donors (Lipinski definition) is 2. The third-order valence-corrected chi connectivity index (χ3v) is 3.87. The molecular formula is C16H23N3O2. The van der Waals surface area contributed by atoms with Crippen LogP contribution in [0.15, 0.2) is 30.3 Å². The molecule has 0 aromatic heterocycles. The minimum absolute atomic E-state index is 0.0378. The van der Waals surface area contributed by atoms with Gasteiger partial charge in [0.15, 0.2) is 0 Å². The van der Waals surface area contributed by atoms with E-state index in [0.717, 1.165) is 31.5 Å². The van der Waals surface area contributed by atoms with E-state index in [1.54, 1.807) is 0 Å². The second kappa shape index (κ2) is 7.11. The summed E-state index contributed by atoms with van der Waals surface area (Å²) in [6, 6.07) is 8.41. The van der Waals surface area contributed by atoms with E-state index in [1.807, 2.05) is 35.2 Å². The molecule has 3 N–H and O–H groups in total. The van der Waals surface area contributed by atoms with Crippen molar-refractivity contribution < 1.29 is 9.59 Å². The quantitative estimate of drug-likeness (QED) is 0.882. The van der Waals surface area contributed by atoms with Gasteiger partial charge < -0.3 is 16.0 Å². The van der Waals surface area contributed by atoms with Crippen molar-refractivity contribution in [2.24, 2.45) is 11.7 Å². The summed E-state index contributed by atoms with van der Waals surface area (Å²) in [7, 11) is 0. The van der Waals surface area contributed by atoms with Gasteiger partial charge in [-0.2, -0.15) is 0 Å². The number of rotatable bonds is 4. The van der Waals surface area contributed by atoms with E-state index in [9.17, 15) is 9.59 Å². The second-order valence-corrected chi connectivity index (χ2v) is 5.78. The van der Waals surface area contributed by atoms with Crippen molar-refractivity contribution in [1.29, 1.82) is 0 Å². The predicted molar refractivity (Wildman–Crippen MR) is 81.6 cm³/mol. The summed E-state index contributed by atoms with van der Waals surface area (Å²) in [5.74, 6) is 0.470. The number of primary amides is 1. The molecule has 0 spiro atoms. The van der Waals surface area contributed by atoms with E-state index < -0.39 is 12.1 Å². The Hall–Kier alpha value is -2.04. The minimum Gasteiger partial charge on any atom is -0.352 e. The first-order valence-electron chi connectivity index (χ1n) is 7.45. The molecule has 1 fully saturated rings. The highest BCUT2D eigenvalue weighted by atomic mass is 16.2. The van der Waals surface area contributed by atoms with Crippen molar-refractivity contribution in [2.45, 2.75) is 32.2 Å². The fraction of sp³-hybridized carbons (Fsp3) is 0.500. The van der Waals surface area contributed by atoms with Crippen LogP contribution in [0.1, 0.15) is 25.3 Å². The molecule has 0 saturated carbocycles. The number of benzene rings is 1. The van der Waals surface area contributed by atoms with Crippen LogP contribution in [-0.4, -0.2) is 36.0 Å². The summed E-state index contributed by atoms with van der Waals surface area (Å²) in [5, 5.41) is 2.59. The van der Waals surface area contributed by atoms with Gasteiger partial charge in [0.1, 0.15) is 6.04 Å². The van der Waals surface area contributed by atoms with Crippen LogP contribution in [0.3, 0.4) is 0 Å². The second-order valence-electron chi connectivity index (χ2n) is 5.78. The van der Waals surface area contributed by atoms with Gasteiger partial charge in [-0.3, -0.25) is 4.79 Å². The normalized spacial score (nSPS) is 19.9. The molecule has 1 aromatic rings. The topological polar surface area (TPSA) is 75.4 Å². The maximum atomic E-state index is 12.6. The molecule has 2 rings (SSSR count). The Balaban J connectivity index is 2.07. The Morgan fingerprint density at radius 3 is 2.71 bits per heavy atom. The van der Waals surface area contributed by atoms with E-state index >= 15 is 0 Å². The Labute approximate surface area is 125 Å². The number of likely N-dealkylation sites (tertiary alicyclic amines) is 1. The highest BCUT2D eigenvalue weighted by molar-refractivity contribution is 5.87. The lowest BCUT2D eigenvalue weighted by atomic mass is 9.98. The number of piperidine rings is 1. The molecule has 21 heavy (non-hydrogen) atoms.